The minimum Gasteiger partial charge on any atom is -0.335 e. The molecule has 1 heterocycles. The first kappa shape index (κ1) is 20.1. The van der Waals surface area contributed by atoms with E-state index >= 15 is 0 Å². The predicted molar refractivity (Wildman–Crippen MR) is 110 cm³/mol. The molecule has 0 bridgehead atoms. The third-order valence-corrected chi connectivity index (χ3v) is 5.54. The van der Waals surface area contributed by atoms with Crippen LogP contribution in [0.1, 0.15) is 15.9 Å². The number of carbonyl (C=O) groups is 1. The minimum absolute atomic E-state index is 0.196. The molecule has 0 aromatic heterocycles. The highest BCUT2D eigenvalue weighted by Crippen LogP contribution is 2.13. The van der Waals surface area contributed by atoms with Crippen molar-refractivity contribution >= 4 is 27.7 Å². The van der Waals surface area contributed by atoms with E-state index in [0.717, 1.165) is 37.2 Å². The Bertz CT molecular complexity index is 920. The summed E-state index contributed by atoms with van der Waals surface area (Å²) in [7, 11) is -1.50. The van der Waals surface area contributed by atoms with Crippen molar-refractivity contribution in [3.05, 3.63) is 71.1 Å². The molecule has 8 heteroatoms. The molecule has 1 aliphatic heterocycles. The van der Waals surface area contributed by atoms with Crippen LogP contribution in [-0.4, -0.2) is 52.6 Å². The lowest BCUT2D eigenvalue weighted by Gasteiger charge is -2.30. The van der Waals surface area contributed by atoms with E-state index in [2.05, 4.69) is 17.2 Å². The van der Waals surface area contributed by atoms with Crippen LogP contribution in [-0.2, 0) is 10.0 Å². The standard InChI is InChI=1S/C20H24N4O3S/c1-23-12-14-24(15-13-23)21-20(25)18-7-9-19(10-8-18)22-28(26,27)16-11-17-5-3-2-4-6-17/h2-11,16,22H,12-15H2,1H3,(H,21,25)/p+1/b16-11+. The summed E-state index contributed by atoms with van der Waals surface area (Å²) in [5.74, 6) is -0.196. The molecule has 3 rings (SSSR count). The van der Waals surface area contributed by atoms with Gasteiger partial charge in [-0.1, -0.05) is 30.3 Å². The van der Waals surface area contributed by atoms with Crippen molar-refractivity contribution in [2.24, 2.45) is 0 Å². The summed E-state index contributed by atoms with van der Waals surface area (Å²) in [6.07, 6.45) is 1.53. The number of carbonyl (C=O) groups excluding carboxylic acids is 1. The Morgan fingerprint density at radius 1 is 1.04 bits per heavy atom. The number of likely N-dealkylation sites (N-methyl/N-ethyl adjacent to an activating group) is 1. The summed E-state index contributed by atoms with van der Waals surface area (Å²) in [5, 5.41) is 3.04. The Kier molecular flexibility index (Phi) is 6.45. The maximum Gasteiger partial charge on any atom is 0.265 e. The summed E-state index contributed by atoms with van der Waals surface area (Å²) in [6.45, 7) is 3.58. The molecule has 1 saturated heterocycles. The van der Waals surface area contributed by atoms with Crippen LogP contribution in [0, 0.1) is 0 Å². The van der Waals surface area contributed by atoms with E-state index in [-0.39, 0.29) is 5.91 Å². The predicted octanol–water partition coefficient (Wildman–Crippen LogP) is 0.574. The lowest BCUT2D eigenvalue weighted by molar-refractivity contribution is -0.884. The van der Waals surface area contributed by atoms with Crippen LogP contribution in [0.2, 0.25) is 0 Å². The Hall–Kier alpha value is -2.68. The molecule has 28 heavy (non-hydrogen) atoms. The normalized spacial score (nSPS) is 16.2. The van der Waals surface area contributed by atoms with Crippen LogP contribution in [0.5, 0.6) is 0 Å². The van der Waals surface area contributed by atoms with E-state index in [9.17, 15) is 13.2 Å². The largest absolute Gasteiger partial charge is 0.335 e. The monoisotopic (exact) mass is 401 g/mol. The molecular formula is C20H25N4O3S+. The fourth-order valence-corrected chi connectivity index (χ4v) is 3.70. The molecule has 7 nitrogen and oxygen atoms in total. The molecule has 0 saturated carbocycles. The summed E-state index contributed by atoms with van der Waals surface area (Å²) >= 11 is 0. The molecule has 0 unspecified atom stereocenters. The number of amides is 1. The quantitative estimate of drug-likeness (QED) is 0.661. The molecule has 1 amide bonds. The SMILES string of the molecule is C[NH+]1CCN(NC(=O)c2ccc(NS(=O)(=O)/C=C/c3ccccc3)cc2)CC1. The highest BCUT2D eigenvalue weighted by molar-refractivity contribution is 7.95. The van der Waals surface area contributed by atoms with Crippen LogP contribution in [0.25, 0.3) is 6.08 Å². The zero-order chi connectivity index (χ0) is 20.0. The van der Waals surface area contributed by atoms with Gasteiger partial charge >= 0.3 is 0 Å². The zero-order valence-corrected chi connectivity index (χ0v) is 16.6. The van der Waals surface area contributed by atoms with Crippen molar-refractivity contribution in [1.29, 1.82) is 0 Å². The van der Waals surface area contributed by atoms with Gasteiger partial charge in [-0.15, -0.1) is 0 Å². The van der Waals surface area contributed by atoms with Crippen molar-refractivity contribution in [3.63, 3.8) is 0 Å². The Morgan fingerprint density at radius 2 is 1.68 bits per heavy atom. The Labute approximate surface area is 165 Å². The number of nitrogens with zero attached hydrogens (tertiary/aromatic N) is 1. The molecule has 0 spiro atoms. The van der Waals surface area contributed by atoms with Gasteiger partial charge in [0.25, 0.3) is 15.9 Å². The smallest absolute Gasteiger partial charge is 0.265 e. The van der Waals surface area contributed by atoms with E-state index in [0.29, 0.717) is 11.3 Å². The van der Waals surface area contributed by atoms with E-state index in [1.807, 2.05) is 35.3 Å². The van der Waals surface area contributed by atoms with Gasteiger partial charge in [0.05, 0.1) is 38.6 Å². The second-order valence-corrected chi connectivity index (χ2v) is 8.39. The van der Waals surface area contributed by atoms with Crippen LogP contribution in [0.3, 0.4) is 0 Å². The van der Waals surface area contributed by atoms with Crippen molar-refractivity contribution < 1.29 is 18.1 Å². The molecule has 2 aromatic carbocycles. The average molecular weight is 402 g/mol. The van der Waals surface area contributed by atoms with Crippen LogP contribution in [0.4, 0.5) is 5.69 Å². The molecule has 0 atom stereocenters. The van der Waals surface area contributed by atoms with E-state index in [1.54, 1.807) is 24.3 Å². The molecule has 148 valence electrons. The molecule has 1 fully saturated rings. The summed E-state index contributed by atoms with van der Waals surface area (Å²) in [5.41, 5.74) is 4.57. The van der Waals surface area contributed by atoms with Gasteiger partial charge in [-0.3, -0.25) is 14.9 Å². The summed E-state index contributed by atoms with van der Waals surface area (Å²) in [6, 6.07) is 15.6. The third kappa shape index (κ3) is 5.91. The first-order chi connectivity index (χ1) is 13.4. The number of nitrogens with one attached hydrogen (secondary N) is 3. The minimum atomic E-state index is -3.64. The lowest BCUT2D eigenvalue weighted by atomic mass is 10.2. The zero-order valence-electron chi connectivity index (χ0n) is 15.8. The van der Waals surface area contributed by atoms with E-state index < -0.39 is 10.0 Å². The molecule has 1 aliphatic rings. The number of piperazine rings is 1. The summed E-state index contributed by atoms with van der Waals surface area (Å²) < 4.78 is 26.9. The Balaban J connectivity index is 1.57. The topological polar surface area (TPSA) is 82.9 Å². The van der Waals surface area contributed by atoms with E-state index in [4.69, 9.17) is 0 Å². The average Bonchev–Trinajstić information content (AvgIpc) is 2.69. The highest BCUT2D eigenvalue weighted by atomic mass is 32.2. The van der Waals surface area contributed by atoms with Gasteiger partial charge < -0.3 is 4.90 Å². The van der Waals surface area contributed by atoms with E-state index in [1.165, 1.54) is 11.0 Å². The second kappa shape index (κ2) is 9.01. The maximum absolute atomic E-state index is 12.3. The second-order valence-electron chi connectivity index (χ2n) is 6.82. The maximum atomic E-state index is 12.3. The number of hydrogen-bond acceptors (Lipinski definition) is 4. The van der Waals surface area contributed by atoms with Gasteiger partial charge in [-0.2, -0.15) is 0 Å². The molecule has 2 aromatic rings. The van der Waals surface area contributed by atoms with Gasteiger partial charge in [0.1, 0.15) is 0 Å². The number of benzene rings is 2. The molecule has 0 radical (unpaired) electrons. The van der Waals surface area contributed by atoms with Crippen LogP contribution >= 0.6 is 0 Å². The van der Waals surface area contributed by atoms with Crippen LogP contribution < -0.4 is 15.0 Å². The van der Waals surface area contributed by atoms with Gasteiger partial charge in [0.15, 0.2) is 0 Å². The van der Waals surface area contributed by atoms with Crippen molar-refractivity contribution in [2.45, 2.75) is 0 Å². The molecular weight excluding hydrogens is 376 g/mol. The fourth-order valence-electron chi connectivity index (χ4n) is 2.83. The number of quaternary nitrogens is 1. The number of hydrogen-bond donors (Lipinski definition) is 3. The lowest BCUT2D eigenvalue weighted by Crippen LogP contribution is -3.12. The highest BCUT2D eigenvalue weighted by Gasteiger charge is 2.18. The number of sulfonamides is 1. The first-order valence-electron chi connectivity index (χ1n) is 9.14. The van der Waals surface area contributed by atoms with Crippen molar-refractivity contribution in [1.82, 2.24) is 10.4 Å². The Morgan fingerprint density at radius 3 is 2.32 bits per heavy atom. The van der Waals surface area contributed by atoms with Crippen LogP contribution in [0.15, 0.2) is 60.0 Å². The molecule has 3 N–H and O–H groups in total. The number of hydrazine groups is 1. The summed E-state index contributed by atoms with van der Waals surface area (Å²) in [4.78, 5) is 13.8. The number of anilines is 1. The van der Waals surface area contributed by atoms with Gasteiger partial charge in [0, 0.05) is 11.3 Å². The van der Waals surface area contributed by atoms with Crippen molar-refractivity contribution in [3.8, 4) is 0 Å². The van der Waals surface area contributed by atoms with Crippen molar-refractivity contribution in [2.75, 3.05) is 37.9 Å². The molecule has 0 aliphatic carbocycles. The van der Waals surface area contributed by atoms with Gasteiger partial charge in [-0.05, 0) is 35.9 Å². The first-order valence-corrected chi connectivity index (χ1v) is 10.7. The van der Waals surface area contributed by atoms with Gasteiger partial charge in [-0.25, -0.2) is 13.4 Å². The number of rotatable bonds is 6. The third-order valence-electron chi connectivity index (χ3n) is 4.52. The van der Waals surface area contributed by atoms with Gasteiger partial charge in [0.2, 0.25) is 0 Å². The fraction of sp³-hybridized carbons (Fsp3) is 0.250.